The lowest BCUT2D eigenvalue weighted by Gasteiger charge is -2.39. The molecule has 0 saturated carbocycles. The van der Waals surface area contributed by atoms with Gasteiger partial charge in [0.25, 0.3) is 0 Å². The maximum Gasteiger partial charge on any atom is 0.321 e. The number of rotatable bonds is 8. The first-order valence-electron chi connectivity index (χ1n) is 14.6. The van der Waals surface area contributed by atoms with E-state index in [1.807, 2.05) is 36.5 Å². The molecule has 0 spiro atoms. The van der Waals surface area contributed by atoms with E-state index in [1.54, 1.807) is 24.3 Å². The van der Waals surface area contributed by atoms with Crippen LogP contribution in [0.1, 0.15) is 53.2 Å². The summed E-state index contributed by atoms with van der Waals surface area (Å²) in [7, 11) is 0. The Hall–Kier alpha value is -3.66. The molecule has 2 N–H and O–H groups in total. The molecule has 1 aromatic heterocycles. The Morgan fingerprint density at radius 1 is 1.00 bits per heavy atom. The highest BCUT2D eigenvalue weighted by Crippen LogP contribution is 2.37. The third-order valence-electron chi connectivity index (χ3n) is 8.55. The Labute approximate surface area is 251 Å². The number of urea groups is 1. The zero-order chi connectivity index (χ0) is 29.1. The fourth-order valence-electron chi connectivity index (χ4n) is 6.31. The van der Waals surface area contributed by atoms with Crippen LogP contribution in [0.25, 0.3) is 0 Å². The standard InChI is InChI=1S/C32H36ClN5O4/c33-25-3-1-2-24(18-25)29-21-37(26-12-16-41-17-13-26)32(40)38(29)27-10-14-36(15-11-27)20-22-4-9-30(35-19-22)42-28-7-5-23(6-8-28)31(34)39/h1-9,18-19,26-27,29H,10-17,20-21H2,(H2,34,39)/t29-/m0/s1. The SMILES string of the molecule is NC(=O)c1ccc(Oc2ccc(CN3CCC(N4C(=O)N(C5CCOCC5)C[C@H]4c4cccc(Cl)c4)CC3)cn2)cc1. The van der Waals surface area contributed by atoms with Gasteiger partial charge in [-0.05, 0) is 73.2 Å². The van der Waals surface area contributed by atoms with Crippen LogP contribution in [0, 0.1) is 0 Å². The first-order valence-corrected chi connectivity index (χ1v) is 15.0. The molecule has 10 heteroatoms. The Morgan fingerprint density at radius 2 is 1.76 bits per heavy atom. The number of primary amides is 1. The molecule has 3 fully saturated rings. The van der Waals surface area contributed by atoms with Crippen LogP contribution in [0.15, 0.2) is 66.9 Å². The fraction of sp³-hybridized carbons (Fsp3) is 0.406. The van der Waals surface area contributed by atoms with E-state index in [9.17, 15) is 9.59 Å². The van der Waals surface area contributed by atoms with Gasteiger partial charge in [0.05, 0.1) is 6.04 Å². The van der Waals surface area contributed by atoms with Gasteiger partial charge in [0.1, 0.15) is 5.75 Å². The van der Waals surface area contributed by atoms with Gasteiger partial charge in [0.2, 0.25) is 11.8 Å². The van der Waals surface area contributed by atoms with Crippen molar-refractivity contribution in [3.63, 3.8) is 0 Å². The molecule has 4 heterocycles. The molecule has 9 nitrogen and oxygen atoms in total. The summed E-state index contributed by atoms with van der Waals surface area (Å²) in [5, 5.41) is 0.699. The molecular weight excluding hydrogens is 554 g/mol. The van der Waals surface area contributed by atoms with Crippen LogP contribution in [0.2, 0.25) is 5.02 Å². The lowest BCUT2D eigenvalue weighted by molar-refractivity contribution is 0.0493. The molecule has 42 heavy (non-hydrogen) atoms. The van der Waals surface area contributed by atoms with Crippen molar-refractivity contribution in [3.05, 3.63) is 88.6 Å². The minimum Gasteiger partial charge on any atom is -0.439 e. The molecule has 1 atom stereocenters. The van der Waals surface area contributed by atoms with Crippen LogP contribution in [-0.4, -0.2) is 76.6 Å². The number of benzene rings is 2. The van der Waals surface area contributed by atoms with Crippen LogP contribution in [-0.2, 0) is 11.3 Å². The zero-order valence-electron chi connectivity index (χ0n) is 23.5. The van der Waals surface area contributed by atoms with Gasteiger partial charge >= 0.3 is 6.03 Å². The molecule has 0 radical (unpaired) electrons. The molecule has 3 amide bonds. The van der Waals surface area contributed by atoms with Crippen molar-refractivity contribution in [1.29, 1.82) is 0 Å². The maximum absolute atomic E-state index is 13.9. The molecule has 0 aliphatic carbocycles. The highest BCUT2D eigenvalue weighted by Gasteiger charge is 2.45. The number of hydrogen-bond donors (Lipinski definition) is 1. The normalized spacial score (nSPS) is 20.7. The summed E-state index contributed by atoms with van der Waals surface area (Å²) in [6.45, 7) is 4.70. The highest BCUT2D eigenvalue weighted by molar-refractivity contribution is 6.30. The smallest absolute Gasteiger partial charge is 0.321 e. The highest BCUT2D eigenvalue weighted by atomic mass is 35.5. The molecule has 0 unspecified atom stereocenters. The zero-order valence-corrected chi connectivity index (χ0v) is 24.3. The Bertz CT molecular complexity index is 1390. The minimum atomic E-state index is -0.474. The summed E-state index contributed by atoms with van der Waals surface area (Å²) in [4.78, 5) is 36.3. The van der Waals surface area contributed by atoms with Crippen molar-refractivity contribution >= 4 is 23.5 Å². The van der Waals surface area contributed by atoms with E-state index >= 15 is 0 Å². The Morgan fingerprint density at radius 3 is 2.43 bits per heavy atom. The molecule has 3 aromatic rings. The van der Waals surface area contributed by atoms with Crippen LogP contribution in [0.3, 0.4) is 0 Å². The van der Waals surface area contributed by atoms with E-state index in [0.29, 0.717) is 42.0 Å². The van der Waals surface area contributed by atoms with Crippen LogP contribution >= 0.6 is 11.6 Å². The molecule has 3 aliphatic heterocycles. The number of halogens is 1. The number of pyridine rings is 1. The van der Waals surface area contributed by atoms with Gasteiger partial charge in [0, 0.05) is 74.3 Å². The Kier molecular flexibility index (Phi) is 8.60. The second-order valence-corrected chi connectivity index (χ2v) is 11.7. The van der Waals surface area contributed by atoms with E-state index in [1.165, 1.54) is 0 Å². The topological polar surface area (TPSA) is 101 Å². The number of carbonyl (C=O) groups is 2. The van der Waals surface area contributed by atoms with Crippen LogP contribution in [0.4, 0.5) is 4.79 Å². The third-order valence-corrected chi connectivity index (χ3v) is 8.79. The van der Waals surface area contributed by atoms with Crippen molar-refractivity contribution in [3.8, 4) is 11.6 Å². The molecule has 2 aromatic carbocycles. The summed E-state index contributed by atoms with van der Waals surface area (Å²) in [6.07, 6.45) is 5.45. The van der Waals surface area contributed by atoms with Gasteiger partial charge in [0.15, 0.2) is 0 Å². The van der Waals surface area contributed by atoms with E-state index in [4.69, 9.17) is 26.8 Å². The quantitative estimate of drug-likeness (QED) is 0.385. The average molecular weight is 590 g/mol. The predicted octanol–water partition coefficient (Wildman–Crippen LogP) is 5.25. The summed E-state index contributed by atoms with van der Waals surface area (Å²) in [6, 6.07) is 19.1. The van der Waals surface area contributed by atoms with Crippen molar-refractivity contribution in [2.45, 2.75) is 50.4 Å². The van der Waals surface area contributed by atoms with Gasteiger partial charge in [-0.25, -0.2) is 9.78 Å². The van der Waals surface area contributed by atoms with Crippen LogP contribution < -0.4 is 10.5 Å². The summed E-state index contributed by atoms with van der Waals surface area (Å²) < 4.78 is 11.4. The number of carbonyl (C=O) groups excluding carboxylic acids is 2. The number of piperidine rings is 1. The second-order valence-electron chi connectivity index (χ2n) is 11.3. The predicted molar refractivity (Wildman–Crippen MR) is 160 cm³/mol. The van der Waals surface area contributed by atoms with Crippen molar-refractivity contribution < 1.29 is 19.1 Å². The summed E-state index contributed by atoms with van der Waals surface area (Å²) >= 11 is 6.37. The van der Waals surface area contributed by atoms with Gasteiger partial charge in [-0.2, -0.15) is 0 Å². The summed E-state index contributed by atoms with van der Waals surface area (Å²) in [5.41, 5.74) is 7.93. The fourth-order valence-corrected chi connectivity index (χ4v) is 6.51. The number of ether oxygens (including phenoxy) is 2. The number of amides is 3. The number of nitrogens with zero attached hydrogens (tertiary/aromatic N) is 4. The first kappa shape index (κ1) is 28.5. The van der Waals surface area contributed by atoms with Gasteiger partial charge in [-0.1, -0.05) is 29.8 Å². The molecular formula is C32H36ClN5O4. The van der Waals surface area contributed by atoms with Crippen LogP contribution in [0.5, 0.6) is 11.6 Å². The number of nitrogens with two attached hydrogens (primary N) is 1. The molecule has 6 rings (SSSR count). The lowest BCUT2D eigenvalue weighted by atomic mass is 9.98. The van der Waals surface area contributed by atoms with E-state index < -0.39 is 5.91 Å². The first-order chi connectivity index (χ1) is 20.4. The van der Waals surface area contributed by atoms with Gasteiger partial charge in [-0.3, -0.25) is 9.69 Å². The number of hydrogen-bond acceptors (Lipinski definition) is 6. The maximum atomic E-state index is 13.9. The lowest BCUT2D eigenvalue weighted by Crippen LogP contribution is -2.48. The molecule has 3 saturated heterocycles. The average Bonchev–Trinajstić information content (AvgIpc) is 3.36. The number of aromatic nitrogens is 1. The van der Waals surface area contributed by atoms with Crippen molar-refractivity contribution in [2.75, 3.05) is 32.8 Å². The van der Waals surface area contributed by atoms with Gasteiger partial charge < -0.3 is 25.0 Å². The molecule has 3 aliphatic rings. The van der Waals surface area contributed by atoms with E-state index in [2.05, 4.69) is 25.8 Å². The Balaban J connectivity index is 1.07. The second kappa shape index (κ2) is 12.7. The van der Waals surface area contributed by atoms with E-state index in [0.717, 1.165) is 56.4 Å². The number of likely N-dealkylation sites (tertiary alicyclic amines) is 1. The monoisotopic (exact) mass is 589 g/mol. The summed E-state index contributed by atoms with van der Waals surface area (Å²) in [5.74, 6) is 0.598. The van der Waals surface area contributed by atoms with E-state index in [-0.39, 0.29) is 24.2 Å². The molecule has 0 bridgehead atoms. The molecule has 220 valence electrons. The third kappa shape index (κ3) is 6.38. The largest absolute Gasteiger partial charge is 0.439 e. The minimum absolute atomic E-state index is 0.000614. The van der Waals surface area contributed by atoms with Gasteiger partial charge in [-0.15, -0.1) is 0 Å². The van der Waals surface area contributed by atoms with Crippen molar-refractivity contribution in [1.82, 2.24) is 19.7 Å². The van der Waals surface area contributed by atoms with Crippen molar-refractivity contribution in [2.24, 2.45) is 5.73 Å².